The van der Waals surface area contributed by atoms with E-state index < -0.39 is 0 Å². The van der Waals surface area contributed by atoms with Crippen molar-refractivity contribution in [1.29, 1.82) is 0 Å². The molecule has 0 bridgehead atoms. The van der Waals surface area contributed by atoms with Gasteiger partial charge in [0.05, 0.1) is 19.7 Å². The summed E-state index contributed by atoms with van der Waals surface area (Å²) in [6, 6.07) is 5.58. The van der Waals surface area contributed by atoms with Crippen LogP contribution in [0, 0.1) is 0 Å². The zero-order chi connectivity index (χ0) is 17.8. The molecule has 3 rings (SSSR count). The summed E-state index contributed by atoms with van der Waals surface area (Å²) in [6.07, 6.45) is 1.84. The maximum Gasteiger partial charge on any atom is 0.246 e. The van der Waals surface area contributed by atoms with Crippen LogP contribution in [-0.4, -0.2) is 42.0 Å². The third kappa shape index (κ3) is 3.72. The number of carbonyl (C=O) groups excluding carboxylic acids is 1. The van der Waals surface area contributed by atoms with E-state index >= 15 is 0 Å². The molecule has 1 N–H and O–H groups in total. The third-order valence-corrected chi connectivity index (χ3v) is 4.39. The lowest BCUT2D eigenvalue weighted by Gasteiger charge is -2.09. The average molecular weight is 362 g/mol. The number of nitrogens with zero attached hydrogens (tertiary/aromatic N) is 3. The standard InChI is InChI=1S/C16H18N4O4S/c1-22-9-15-18-19-16(25-15)17-14(21)8-20-5-4-11-12(20)6-10(23-2)7-13(11)24-3/h4-7H,8-9H2,1-3H3,(H,17,19,21). The van der Waals surface area contributed by atoms with Crippen LogP contribution in [0.1, 0.15) is 5.01 Å². The Morgan fingerprint density at radius 2 is 2.08 bits per heavy atom. The Bertz CT molecular complexity index is 890. The van der Waals surface area contributed by atoms with Gasteiger partial charge in [-0.3, -0.25) is 10.1 Å². The van der Waals surface area contributed by atoms with Gasteiger partial charge in [-0.05, 0) is 6.07 Å². The van der Waals surface area contributed by atoms with Gasteiger partial charge in [0, 0.05) is 30.8 Å². The molecule has 3 aromatic rings. The lowest BCUT2D eigenvalue weighted by Crippen LogP contribution is -2.18. The number of nitrogens with one attached hydrogen (secondary N) is 1. The van der Waals surface area contributed by atoms with Crippen molar-refractivity contribution in [3.63, 3.8) is 0 Å². The molecule has 132 valence electrons. The van der Waals surface area contributed by atoms with E-state index in [1.807, 2.05) is 29.0 Å². The monoisotopic (exact) mass is 362 g/mol. The molecule has 0 unspecified atom stereocenters. The summed E-state index contributed by atoms with van der Waals surface area (Å²) in [4.78, 5) is 12.3. The van der Waals surface area contributed by atoms with Gasteiger partial charge in [-0.2, -0.15) is 0 Å². The van der Waals surface area contributed by atoms with E-state index in [1.165, 1.54) is 11.3 Å². The van der Waals surface area contributed by atoms with Crippen molar-refractivity contribution in [1.82, 2.24) is 14.8 Å². The largest absolute Gasteiger partial charge is 0.497 e. The van der Waals surface area contributed by atoms with Crippen molar-refractivity contribution >= 4 is 33.3 Å². The first-order valence-corrected chi connectivity index (χ1v) is 8.28. The molecule has 2 heterocycles. The number of anilines is 1. The fraction of sp³-hybridized carbons (Fsp3) is 0.312. The van der Waals surface area contributed by atoms with Crippen LogP contribution in [0.3, 0.4) is 0 Å². The van der Waals surface area contributed by atoms with Gasteiger partial charge in [0.25, 0.3) is 0 Å². The maximum absolute atomic E-state index is 12.3. The molecule has 9 heteroatoms. The summed E-state index contributed by atoms with van der Waals surface area (Å²) in [6.45, 7) is 0.508. The van der Waals surface area contributed by atoms with Gasteiger partial charge in [-0.25, -0.2) is 0 Å². The topological polar surface area (TPSA) is 87.5 Å². The van der Waals surface area contributed by atoms with Crippen molar-refractivity contribution in [2.45, 2.75) is 13.2 Å². The van der Waals surface area contributed by atoms with Crippen LogP contribution < -0.4 is 14.8 Å². The molecule has 2 aromatic heterocycles. The number of aromatic nitrogens is 3. The van der Waals surface area contributed by atoms with Crippen molar-refractivity contribution in [3.05, 3.63) is 29.4 Å². The Morgan fingerprint density at radius 1 is 1.24 bits per heavy atom. The molecule has 1 amide bonds. The van der Waals surface area contributed by atoms with Crippen LogP contribution in [-0.2, 0) is 22.7 Å². The number of rotatable bonds is 7. The summed E-state index contributed by atoms with van der Waals surface area (Å²) in [5.74, 6) is 1.17. The summed E-state index contributed by atoms with van der Waals surface area (Å²) in [5.41, 5.74) is 0.851. The summed E-state index contributed by atoms with van der Waals surface area (Å²) >= 11 is 1.29. The molecule has 0 saturated carbocycles. The van der Waals surface area contributed by atoms with E-state index in [0.29, 0.717) is 28.2 Å². The molecule has 0 spiro atoms. The van der Waals surface area contributed by atoms with E-state index in [2.05, 4.69) is 15.5 Å². The van der Waals surface area contributed by atoms with E-state index in [0.717, 1.165) is 10.9 Å². The molecule has 0 atom stereocenters. The molecular formula is C16H18N4O4S. The van der Waals surface area contributed by atoms with Crippen LogP contribution in [0.4, 0.5) is 5.13 Å². The number of amides is 1. The van der Waals surface area contributed by atoms with Gasteiger partial charge in [-0.1, -0.05) is 11.3 Å². The molecule has 0 aliphatic rings. The molecule has 0 aliphatic carbocycles. The predicted octanol–water partition coefficient (Wildman–Crippen LogP) is 2.30. The van der Waals surface area contributed by atoms with Gasteiger partial charge in [0.1, 0.15) is 29.7 Å². The summed E-state index contributed by atoms with van der Waals surface area (Å²) < 4.78 is 17.5. The van der Waals surface area contributed by atoms with Crippen LogP contribution in [0.25, 0.3) is 10.9 Å². The molecule has 0 aliphatic heterocycles. The molecule has 8 nitrogen and oxygen atoms in total. The van der Waals surface area contributed by atoms with Crippen LogP contribution in [0.5, 0.6) is 11.5 Å². The number of methoxy groups -OCH3 is 3. The number of carbonyl (C=O) groups is 1. The Balaban J connectivity index is 1.78. The van der Waals surface area contributed by atoms with Crippen LogP contribution >= 0.6 is 11.3 Å². The fourth-order valence-electron chi connectivity index (χ4n) is 2.46. The first-order chi connectivity index (χ1) is 12.1. The Labute approximate surface area is 148 Å². The lowest BCUT2D eigenvalue weighted by atomic mass is 10.2. The lowest BCUT2D eigenvalue weighted by molar-refractivity contribution is -0.116. The van der Waals surface area contributed by atoms with E-state index in [-0.39, 0.29) is 12.5 Å². The molecule has 0 saturated heterocycles. The van der Waals surface area contributed by atoms with E-state index in [4.69, 9.17) is 14.2 Å². The second-order valence-corrected chi connectivity index (χ2v) is 6.25. The Hall–Kier alpha value is -2.65. The Morgan fingerprint density at radius 3 is 2.80 bits per heavy atom. The highest BCUT2D eigenvalue weighted by molar-refractivity contribution is 7.15. The fourth-order valence-corrected chi connectivity index (χ4v) is 3.19. The number of hydrogen-bond donors (Lipinski definition) is 1. The number of fused-ring (bicyclic) bond motifs is 1. The Kier molecular flexibility index (Phi) is 5.15. The van der Waals surface area contributed by atoms with Crippen molar-refractivity contribution < 1.29 is 19.0 Å². The maximum atomic E-state index is 12.3. The SMILES string of the molecule is COCc1nnc(NC(=O)Cn2ccc3c(OC)cc(OC)cc32)s1. The summed E-state index contributed by atoms with van der Waals surface area (Å²) in [7, 11) is 4.78. The number of ether oxygens (including phenoxy) is 3. The van der Waals surface area contributed by atoms with E-state index in [9.17, 15) is 4.79 Å². The minimum absolute atomic E-state index is 0.138. The second-order valence-electron chi connectivity index (χ2n) is 5.19. The zero-order valence-electron chi connectivity index (χ0n) is 14.1. The zero-order valence-corrected chi connectivity index (χ0v) is 14.9. The second kappa shape index (κ2) is 7.49. The highest BCUT2D eigenvalue weighted by Gasteiger charge is 2.13. The van der Waals surface area contributed by atoms with Crippen molar-refractivity contribution in [2.24, 2.45) is 0 Å². The van der Waals surface area contributed by atoms with E-state index in [1.54, 1.807) is 21.3 Å². The minimum atomic E-state index is -0.195. The average Bonchev–Trinajstić information content (AvgIpc) is 3.21. The van der Waals surface area contributed by atoms with Crippen LogP contribution in [0.15, 0.2) is 24.4 Å². The predicted molar refractivity (Wildman–Crippen MR) is 94.3 cm³/mol. The van der Waals surface area contributed by atoms with Gasteiger partial charge in [0.15, 0.2) is 0 Å². The molecule has 0 fully saturated rings. The third-order valence-electron chi connectivity index (χ3n) is 3.57. The normalized spacial score (nSPS) is 10.8. The highest BCUT2D eigenvalue weighted by Crippen LogP contribution is 2.31. The molecule has 25 heavy (non-hydrogen) atoms. The number of hydrogen-bond acceptors (Lipinski definition) is 7. The highest BCUT2D eigenvalue weighted by atomic mass is 32.1. The van der Waals surface area contributed by atoms with Gasteiger partial charge < -0.3 is 18.8 Å². The number of benzene rings is 1. The van der Waals surface area contributed by atoms with Gasteiger partial charge in [0.2, 0.25) is 11.0 Å². The quantitative estimate of drug-likeness (QED) is 0.694. The van der Waals surface area contributed by atoms with Crippen molar-refractivity contribution in [2.75, 3.05) is 26.6 Å². The molecular weight excluding hydrogens is 344 g/mol. The summed E-state index contributed by atoms with van der Waals surface area (Å²) in [5, 5.41) is 12.7. The van der Waals surface area contributed by atoms with Crippen molar-refractivity contribution in [3.8, 4) is 11.5 Å². The van der Waals surface area contributed by atoms with Gasteiger partial charge >= 0.3 is 0 Å². The molecule has 1 aromatic carbocycles. The first-order valence-electron chi connectivity index (χ1n) is 7.46. The first kappa shape index (κ1) is 17.2. The van der Waals surface area contributed by atoms with Crippen LogP contribution in [0.2, 0.25) is 0 Å². The van der Waals surface area contributed by atoms with Gasteiger partial charge in [-0.15, -0.1) is 10.2 Å². The minimum Gasteiger partial charge on any atom is -0.497 e. The molecule has 0 radical (unpaired) electrons. The smallest absolute Gasteiger partial charge is 0.246 e.